The van der Waals surface area contributed by atoms with Crippen LogP contribution in [0.15, 0.2) is 53.4 Å². The number of carbonyl (C=O) groups is 1. The largest absolute Gasteiger partial charge is 0.372 e. The van der Waals surface area contributed by atoms with Crippen molar-refractivity contribution in [2.45, 2.75) is 37.1 Å². The quantitative estimate of drug-likeness (QED) is 0.697. The summed E-state index contributed by atoms with van der Waals surface area (Å²) in [7, 11) is -2.37. The summed E-state index contributed by atoms with van der Waals surface area (Å²) in [4.78, 5) is 14.9. The van der Waals surface area contributed by atoms with E-state index in [1.54, 1.807) is 0 Å². The van der Waals surface area contributed by atoms with Crippen molar-refractivity contribution < 1.29 is 13.2 Å². The summed E-state index contributed by atoms with van der Waals surface area (Å²) in [6, 6.07) is 13.9. The van der Waals surface area contributed by atoms with Crippen molar-refractivity contribution in [2.24, 2.45) is 0 Å². The lowest BCUT2D eigenvalue weighted by atomic mass is 10.1. The summed E-state index contributed by atoms with van der Waals surface area (Å²) >= 11 is 5.82. The first-order chi connectivity index (χ1) is 14.3. The monoisotopic (exact) mass is 449 g/mol. The molecule has 2 aromatic carbocycles. The first-order valence-corrected chi connectivity index (χ1v) is 12.0. The van der Waals surface area contributed by atoms with E-state index >= 15 is 0 Å². The lowest BCUT2D eigenvalue weighted by Gasteiger charge is -2.29. The second-order valence-electron chi connectivity index (χ2n) is 7.64. The number of rotatable bonds is 7. The molecule has 1 amide bonds. The van der Waals surface area contributed by atoms with Gasteiger partial charge in [0.25, 0.3) is 0 Å². The number of nitrogens with zero attached hydrogens (tertiary/aromatic N) is 2. The van der Waals surface area contributed by atoms with Gasteiger partial charge in [-0.15, -0.1) is 0 Å². The Kier molecular flexibility index (Phi) is 7.39. The summed E-state index contributed by atoms with van der Waals surface area (Å²) < 4.78 is 26.3. The van der Waals surface area contributed by atoms with E-state index < -0.39 is 10.0 Å². The highest BCUT2D eigenvalue weighted by molar-refractivity contribution is 7.89. The predicted octanol–water partition coefficient (Wildman–Crippen LogP) is 3.83. The van der Waals surface area contributed by atoms with Gasteiger partial charge < -0.3 is 10.2 Å². The maximum absolute atomic E-state index is 12.6. The molecule has 30 heavy (non-hydrogen) atoms. The number of amides is 1. The third-order valence-corrected chi connectivity index (χ3v) is 7.45. The lowest BCUT2D eigenvalue weighted by molar-refractivity contribution is -0.121. The van der Waals surface area contributed by atoms with Crippen LogP contribution in [-0.4, -0.2) is 45.3 Å². The molecule has 162 valence electrons. The third kappa shape index (κ3) is 5.53. The number of hydrogen-bond donors (Lipinski definition) is 1. The molecule has 0 saturated carbocycles. The maximum Gasteiger partial charge on any atom is 0.243 e. The fourth-order valence-corrected chi connectivity index (χ4v) is 4.82. The van der Waals surface area contributed by atoms with E-state index in [9.17, 15) is 13.2 Å². The van der Waals surface area contributed by atoms with Crippen LogP contribution in [0.3, 0.4) is 0 Å². The molecule has 1 atom stereocenters. The summed E-state index contributed by atoms with van der Waals surface area (Å²) in [6.07, 6.45) is 3.74. The minimum atomic E-state index is -3.76. The Morgan fingerprint density at radius 2 is 1.67 bits per heavy atom. The van der Waals surface area contributed by atoms with Crippen molar-refractivity contribution in [3.8, 4) is 0 Å². The molecule has 0 aliphatic carbocycles. The van der Waals surface area contributed by atoms with Gasteiger partial charge in [0.15, 0.2) is 0 Å². The van der Waals surface area contributed by atoms with Crippen LogP contribution in [-0.2, 0) is 14.8 Å². The smallest absolute Gasteiger partial charge is 0.243 e. The number of likely N-dealkylation sites (N-methyl/N-ethyl adjacent to an activating group) is 1. The molecule has 1 N–H and O–H groups in total. The molecule has 0 bridgehead atoms. The van der Waals surface area contributed by atoms with Crippen LogP contribution in [0.2, 0.25) is 5.02 Å². The second kappa shape index (κ2) is 9.81. The van der Waals surface area contributed by atoms with E-state index in [2.05, 4.69) is 22.3 Å². The van der Waals surface area contributed by atoms with E-state index in [4.69, 9.17) is 11.6 Å². The van der Waals surface area contributed by atoms with Gasteiger partial charge in [-0.25, -0.2) is 8.42 Å². The van der Waals surface area contributed by atoms with Crippen molar-refractivity contribution >= 4 is 33.2 Å². The van der Waals surface area contributed by atoms with Crippen LogP contribution in [0.25, 0.3) is 0 Å². The Morgan fingerprint density at radius 1 is 1.07 bits per heavy atom. The predicted molar refractivity (Wildman–Crippen MR) is 120 cm³/mol. The first kappa shape index (κ1) is 22.6. The highest BCUT2D eigenvalue weighted by Gasteiger charge is 2.23. The van der Waals surface area contributed by atoms with Gasteiger partial charge in [-0.2, -0.15) is 4.31 Å². The molecule has 0 spiro atoms. The lowest BCUT2D eigenvalue weighted by Crippen LogP contribution is -2.39. The fourth-order valence-electron chi connectivity index (χ4n) is 3.57. The van der Waals surface area contributed by atoms with E-state index in [1.165, 1.54) is 56.3 Å². The van der Waals surface area contributed by atoms with Crippen LogP contribution in [0.1, 0.15) is 37.8 Å². The summed E-state index contributed by atoms with van der Waals surface area (Å²) in [5, 5.41) is 3.33. The molecule has 8 heteroatoms. The topological polar surface area (TPSA) is 69.7 Å². The number of halogens is 1. The first-order valence-electron chi connectivity index (χ1n) is 10.1. The second-order valence-corrected chi connectivity index (χ2v) is 10.1. The molecule has 1 aliphatic heterocycles. The number of carbonyl (C=O) groups excluding carboxylic acids is 1. The molecule has 1 saturated heterocycles. The molecule has 0 aromatic heterocycles. The van der Waals surface area contributed by atoms with Crippen molar-refractivity contribution in [2.75, 3.05) is 31.6 Å². The summed E-state index contributed by atoms with van der Waals surface area (Å²) in [5.41, 5.74) is 2.18. The fraction of sp³-hybridized carbons (Fsp3) is 0.409. The number of anilines is 1. The zero-order valence-electron chi connectivity index (χ0n) is 17.3. The average molecular weight is 450 g/mol. The normalized spacial score (nSPS) is 15.8. The van der Waals surface area contributed by atoms with Crippen LogP contribution >= 0.6 is 11.6 Å². The molecular weight excluding hydrogens is 422 g/mol. The van der Waals surface area contributed by atoms with Gasteiger partial charge in [0, 0.05) is 30.8 Å². The molecule has 1 heterocycles. The van der Waals surface area contributed by atoms with Crippen molar-refractivity contribution in [1.82, 2.24) is 9.62 Å². The minimum Gasteiger partial charge on any atom is -0.372 e. The maximum atomic E-state index is 12.6. The molecule has 6 nitrogen and oxygen atoms in total. The Bertz CT molecular complexity index is 956. The Hall–Kier alpha value is -2.09. The van der Waals surface area contributed by atoms with Gasteiger partial charge in [-0.05, 0) is 68.1 Å². The Morgan fingerprint density at radius 3 is 2.27 bits per heavy atom. The standard InChI is InChI=1S/C22H28ClN3O3S/c1-17(18-6-10-20(11-7-18)26-14-4-3-5-15-26)24-22(27)16-25(2)30(28,29)21-12-8-19(23)9-13-21/h6-13,17H,3-5,14-16H2,1-2H3,(H,24,27). The highest BCUT2D eigenvalue weighted by atomic mass is 35.5. The number of hydrogen-bond acceptors (Lipinski definition) is 4. The molecule has 2 aromatic rings. The number of benzene rings is 2. The van der Waals surface area contributed by atoms with E-state index in [-0.39, 0.29) is 23.4 Å². The van der Waals surface area contributed by atoms with Gasteiger partial charge in [0.1, 0.15) is 0 Å². The number of sulfonamides is 1. The number of nitrogens with one attached hydrogen (secondary N) is 1. The van der Waals surface area contributed by atoms with Gasteiger partial charge >= 0.3 is 0 Å². The summed E-state index contributed by atoms with van der Waals surface area (Å²) in [6.45, 7) is 3.79. The van der Waals surface area contributed by atoms with Gasteiger partial charge in [0.2, 0.25) is 15.9 Å². The zero-order valence-corrected chi connectivity index (χ0v) is 18.9. The van der Waals surface area contributed by atoms with Crippen molar-refractivity contribution in [3.63, 3.8) is 0 Å². The van der Waals surface area contributed by atoms with Crippen LogP contribution in [0.4, 0.5) is 5.69 Å². The van der Waals surface area contributed by atoms with E-state index in [0.29, 0.717) is 5.02 Å². The molecular formula is C22H28ClN3O3S. The van der Waals surface area contributed by atoms with E-state index in [1.807, 2.05) is 19.1 Å². The minimum absolute atomic E-state index is 0.101. The van der Waals surface area contributed by atoms with Crippen molar-refractivity contribution in [3.05, 3.63) is 59.1 Å². The molecule has 1 unspecified atom stereocenters. The van der Waals surface area contributed by atoms with Crippen LogP contribution < -0.4 is 10.2 Å². The van der Waals surface area contributed by atoms with E-state index in [0.717, 1.165) is 23.0 Å². The SMILES string of the molecule is CC(NC(=O)CN(C)S(=O)(=O)c1ccc(Cl)cc1)c1ccc(N2CCCCC2)cc1. The molecule has 1 aliphatic rings. The van der Waals surface area contributed by atoms with Crippen LogP contribution in [0, 0.1) is 0 Å². The molecule has 3 rings (SSSR count). The third-order valence-electron chi connectivity index (χ3n) is 5.38. The Labute approximate surface area is 183 Å². The van der Waals surface area contributed by atoms with Gasteiger partial charge in [0.05, 0.1) is 17.5 Å². The Balaban J connectivity index is 1.57. The average Bonchev–Trinajstić information content (AvgIpc) is 2.74. The van der Waals surface area contributed by atoms with Crippen LogP contribution in [0.5, 0.6) is 0 Å². The van der Waals surface area contributed by atoms with Gasteiger partial charge in [-0.3, -0.25) is 4.79 Å². The van der Waals surface area contributed by atoms with Gasteiger partial charge in [-0.1, -0.05) is 23.7 Å². The molecule has 1 fully saturated rings. The molecule has 0 radical (unpaired) electrons. The van der Waals surface area contributed by atoms with Crippen molar-refractivity contribution in [1.29, 1.82) is 0 Å². The zero-order chi connectivity index (χ0) is 21.7. The highest BCUT2D eigenvalue weighted by Crippen LogP contribution is 2.22. The summed E-state index contributed by atoms with van der Waals surface area (Å²) in [5.74, 6) is -0.359. The number of piperidine rings is 1.